The first-order valence-corrected chi connectivity index (χ1v) is 6.19. The van der Waals surface area contributed by atoms with Crippen LogP contribution in [0.2, 0.25) is 0 Å². The van der Waals surface area contributed by atoms with Gasteiger partial charge < -0.3 is 9.79 Å². The van der Waals surface area contributed by atoms with Crippen LogP contribution in [0.25, 0.3) is 0 Å². The molecule has 3 nitrogen and oxygen atoms in total. The van der Waals surface area contributed by atoms with E-state index in [0.29, 0.717) is 6.42 Å². The summed E-state index contributed by atoms with van der Waals surface area (Å²) in [5.41, 5.74) is -0.00931. The molecule has 0 unspecified atom stereocenters. The van der Waals surface area contributed by atoms with Crippen LogP contribution in [0.5, 0.6) is 0 Å². The van der Waals surface area contributed by atoms with Crippen molar-refractivity contribution in [1.29, 1.82) is 0 Å². The maximum Gasteiger partial charge on any atom is 0.331 e. The number of hydrogen-bond donors (Lipinski definition) is 2. The zero-order valence-corrected chi connectivity index (χ0v) is 10.1. The zero-order valence-electron chi connectivity index (χ0n) is 9.16. The van der Waals surface area contributed by atoms with Crippen molar-refractivity contribution in [3.05, 3.63) is 0 Å². The van der Waals surface area contributed by atoms with Gasteiger partial charge in [-0.1, -0.05) is 27.2 Å². The van der Waals surface area contributed by atoms with E-state index in [2.05, 4.69) is 0 Å². The van der Waals surface area contributed by atoms with E-state index >= 15 is 0 Å². The van der Waals surface area contributed by atoms with Gasteiger partial charge in [0, 0.05) is 0 Å². The van der Waals surface area contributed by atoms with E-state index in [9.17, 15) is 4.57 Å². The maximum absolute atomic E-state index is 11.1. The Balaban J connectivity index is 4.62. The van der Waals surface area contributed by atoms with Gasteiger partial charge in [0.25, 0.3) is 0 Å². The Bertz CT molecular complexity index is 215. The van der Waals surface area contributed by atoms with Crippen LogP contribution in [0, 0.1) is 5.41 Å². The predicted molar refractivity (Wildman–Crippen MR) is 54.8 cm³/mol. The normalized spacial score (nSPS) is 14.7. The van der Waals surface area contributed by atoms with E-state index in [4.69, 9.17) is 9.79 Å². The summed E-state index contributed by atoms with van der Waals surface area (Å²) in [6, 6.07) is 0. The van der Waals surface area contributed by atoms with Gasteiger partial charge in [-0.2, -0.15) is 0 Å². The van der Waals surface area contributed by atoms with Crippen molar-refractivity contribution in [3.8, 4) is 0 Å². The number of hydrogen-bond acceptors (Lipinski definition) is 1. The molecule has 0 aliphatic heterocycles. The van der Waals surface area contributed by atoms with Gasteiger partial charge in [-0.3, -0.25) is 4.57 Å². The van der Waals surface area contributed by atoms with Gasteiger partial charge in [0.15, 0.2) is 0 Å². The van der Waals surface area contributed by atoms with Crippen molar-refractivity contribution < 1.29 is 14.4 Å². The molecule has 0 bridgehead atoms. The van der Waals surface area contributed by atoms with Crippen LogP contribution < -0.4 is 0 Å². The van der Waals surface area contributed by atoms with Crippen LogP contribution in [-0.2, 0) is 4.57 Å². The fourth-order valence-electron chi connectivity index (χ4n) is 1.40. The lowest BCUT2D eigenvalue weighted by Crippen LogP contribution is -2.28. The molecule has 0 amide bonds. The minimum atomic E-state index is -3.98. The van der Waals surface area contributed by atoms with Crippen molar-refractivity contribution in [2.75, 3.05) is 0 Å². The molecular formula is C9H21O3P. The number of rotatable bonds is 4. The second-order valence-corrected chi connectivity index (χ2v) is 7.35. The monoisotopic (exact) mass is 208 g/mol. The lowest BCUT2D eigenvalue weighted by Gasteiger charge is -2.34. The molecule has 13 heavy (non-hydrogen) atoms. The molecule has 0 aromatic heterocycles. The standard InChI is InChI=1S/C9H21O3P/c1-6-8(2,3)7-9(4,5)13(10,11)12/h6-7H2,1-5H3,(H2,10,11,12). The van der Waals surface area contributed by atoms with E-state index in [1.165, 1.54) is 0 Å². The Morgan fingerprint density at radius 3 is 1.77 bits per heavy atom. The molecule has 0 aromatic rings. The van der Waals surface area contributed by atoms with E-state index in [1.807, 2.05) is 20.8 Å². The van der Waals surface area contributed by atoms with Gasteiger partial charge in [0.1, 0.15) is 0 Å². The van der Waals surface area contributed by atoms with Crippen molar-refractivity contribution >= 4 is 7.60 Å². The fraction of sp³-hybridized carbons (Fsp3) is 1.00. The van der Waals surface area contributed by atoms with Gasteiger partial charge in [0.05, 0.1) is 5.16 Å². The van der Waals surface area contributed by atoms with Crippen molar-refractivity contribution in [2.45, 2.75) is 52.6 Å². The molecule has 0 saturated carbocycles. The van der Waals surface area contributed by atoms with Crippen molar-refractivity contribution in [1.82, 2.24) is 0 Å². The van der Waals surface area contributed by atoms with Gasteiger partial charge in [-0.25, -0.2) is 0 Å². The Hall–Kier alpha value is 0.150. The lowest BCUT2D eigenvalue weighted by atomic mass is 9.81. The second kappa shape index (κ2) is 3.72. The summed E-state index contributed by atoms with van der Waals surface area (Å²) in [6.45, 7) is 9.36. The molecule has 0 aromatic carbocycles. The zero-order chi connectivity index (χ0) is 10.9. The van der Waals surface area contributed by atoms with E-state index in [0.717, 1.165) is 6.42 Å². The van der Waals surface area contributed by atoms with Crippen LogP contribution in [0.1, 0.15) is 47.5 Å². The third kappa shape index (κ3) is 3.80. The fourth-order valence-corrected chi connectivity index (χ4v) is 2.03. The molecule has 0 atom stereocenters. The average molecular weight is 208 g/mol. The van der Waals surface area contributed by atoms with Gasteiger partial charge in [-0.15, -0.1) is 0 Å². The molecule has 0 heterocycles. The smallest absolute Gasteiger partial charge is 0.324 e. The first-order valence-electron chi connectivity index (χ1n) is 4.57. The van der Waals surface area contributed by atoms with Gasteiger partial charge >= 0.3 is 7.60 Å². The quantitative estimate of drug-likeness (QED) is 0.698. The molecule has 4 heteroatoms. The largest absolute Gasteiger partial charge is 0.331 e. The average Bonchev–Trinajstić information content (AvgIpc) is 1.83. The second-order valence-electron chi connectivity index (χ2n) is 5.05. The minimum Gasteiger partial charge on any atom is -0.324 e. The summed E-state index contributed by atoms with van der Waals surface area (Å²) < 4.78 is 11.1. The first-order chi connectivity index (χ1) is 5.52. The highest BCUT2D eigenvalue weighted by Crippen LogP contribution is 2.55. The summed E-state index contributed by atoms with van der Waals surface area (Å²) in [6.07, 6.45) is 1.47. The van der Waals surface area contributed by atoms with E-state index < -0.39 is 12.8 Å². The predicted octanol–water partition coefficient (Wildman–Crippen LogP) is 2.77. The van der Waals surface area contributed by atoms with E-state index in [-0.39, 0.29) is 5.41 Å². The topological polar surface area (TPSA) is 57.5 Å². The van der Waals surface area contributed by atoms with E-state index in [1.54, 1.807) is 13.8 Å². The summed E-state index contributed by atoms with van der Waals surface area (Å²) in [5.74, 6) is 0. The van der Waals surface area contributed by atoms with Crippen LogP contribution in [0.3, 0.4) is 0 Å². The SMILES string of the molecule is CCC(C)(C)CC(C)(C)P(=O)(O)O. The van der Waals surface area contributed by atoms with Crippen LogP contribution in [-0.4, -0.2) is 14.9 Å². The molecule has 2 N–H and O–H groups in total. The Morgan fingerprint density at radius 1 is 1.15 bits per heavy atom. The molecule has 0 aliphatic carbocycles. The van der Waals surface area contributed by atoms with Crippen molar-refractivity contribution in [2.24, 2.45) is 5.41 Å². The Kier molecular flexibility index (Phi) is 3.76. The van der Waals surface area contributed by atoms with Crippen LogP contribution >= 0.6 is 7.60 Å². The Morgan fingerprint density at radius 2 is 1.54 bits per heavy atom. The highest BCUT2D eigenvalue weighted by molar-refractivity contribution is 7.53. The summed E-state index contributed by atoms with van der Waals surface area (Å²) >= 11 is 0. The summed E-state index contributed by atoms with van der Waals surface area (Å²) in [5, 5.41) is -0.910. The first kappa shape index (κ1) is 13.2. The van der Waals surface area contributed by atoms with Gasteiger partial charge in [0.2, 0.25) is 0 Å². The van der Waals surface area contributed by atoms with Crippen molar-refractivity contribution in [3.63, 3.8) is 0 Å². The van der Waals surface area contributed by atoms with Crippen LogP contribution in [0.4, 0.5) is 0 Å². The highest BCUT2D eigenvalue weighted by Gasteiger charge is 2.41. The van der Waals surface area contributed by atoms with Crippen LogP contribution in [0.15, 0.2) is 0 Å². The third-order valence-electron chi connectivity index (χ3n) is 2.66. The molecule has 0 aliphatic rings. The van der Waals surface area contributed by atoms with Gasteiger partial charge in [-0.05, 0) is 25.7 Å². The maximum atomic E-state index is 11.1. The summed E-state index contributed by atoms with van der Waals surface area (Å²) in [4.78, 5) is 18.2. The molecule has 80 valence electrons. The molecule has 0 spiro atoms. The molecule has 0 rings (SSSR count). The highest BCUT2D eigenvalue weighted by atomic mass is 31.2. The minimum absolute atomic E-state index is 0.00931. The Labute approximate surface area is 80.7 Å². The molecule has 0 radical (unpaired) electrons. The molecule has 0 saturated heterocycles. The molecular weight excluding hydrogens is 187 g/mol. The molecule has 0 fully saturated rings. The lowest BCUT2D eigenvalue weighted by molar-refractivity contribution is 0.251. The third-order valence-corrected chi connectivity index (χ3v) is 4.39. The summed E-state index contributed by atoms with van der Waals surface area (Å²) in [7, 11) is -3.98.